The SMILES string of the molecule is C[C@@H]1CCC2CC[C@@H]3C(CC[C@]4(C)/C(=C\C#N)CCC34)C2(C)C1. The summed E-state index contributed by atoms with van der Waals surface area (Å²) in [5.74, 6) is 4.69. The van der Waals surface area contributed by atoms with Crippen LogP contribution in [-0.4, -0.2) is 0 Å². The van der Waals surface area contributed by atoms with Crippen LogP contribution < -0.4 is 0 Å². The molecule has 0 amide bonds. The Bertz CT molecular complexity index is 555. The number of rotatable bonds is 0. The average Bonchev–Trinajstić information content (AvgIpc) is 2.84. The number of fused-ring (bicyclic) bond motifs is 5. The van der Waals surface area contributed by atoms with Gasteiger partial charge in [-0.25, -0.2) is 0 Å². The molecule has 0 aromatic heterocycles. The highest BCUT2D eigenvalue weighted by Gasteiger charge is 2.58. The summed E-state index contributed by atoms with van der Waals surface area (Å²) in [5, 5.41) is 9.16. The van der Waals surface area contributed by atoms with E-state index in [-0.39, 0.29) is 0 Å². The lowest BCUT2D eigenvalue weighted by atomic mass is 9.44. The van der Waals surface area contributed by atoms with Gasteiger partial charge >= 0.3 is 0 Å². The van der Waals surface area contributed by atoms with E-state index in [1.807, 2.05) is 6.08 Å². The molecule has 4 rings (SSSR count). The second-order valence-corrected chi connectivity index (χ2v) is 9.84. The van der Waals surface area contributed by atoms with E-state index in [0.29, 0.717) is 10.8 Å². The number of hydrogen-bond donors (Lipinski definition) is 0. The number of hydrogen-bond acceptors (Lipinski definition) is 1. The summed E-state index contributed by atoms with van der Waals surface area (Å²) in [5.41, 5.74) is 2.44. The predicted octanol–water partition coefficient (Wildman–Crippen LogP) is 6.12. The van der Waals surface area contributed by atoms with Crippen molar-refractivity contribution in [3.8, 4) is 6.07 Å². The van der Waals surface area contributed by atoms with E-state index >= 15 is 0 Å². The zero-order valence-electron chi connectivity index (χ0n) is 15.3. The zero-order valence-corrected chi connectivity index (χ0v) is 15.3. The first kappa shape index (κ1) is 15.7. The molecule has 126 valence electrons. The monoisotopic (exact) mass is 311 g/mol. The Kier molecular flexibility index (Phi) is 3.67. The molecule has 0 heterocycles. The van der Waals surface area contributed by atoms with Crippen molar-refractivity contribution < 1.29 is 0 Å². The van der Waals surface area contributed by atoms with Gasteiger partial charge in [-0.3, -0.25) is 0 Å². The molecule has 4 aliphatic carbocycles. The van der Waals surface area contributed by atoms with Gasteiger partial charge in [0.1, 0.15) is 0 Å². The van der Waals surface area contributed by atoms with Crippen molar-refractivity contribution in [2.24, 2.45) is 40.4 Å². The fourth-order valence-corrected chi connectivity index (χ4v) is 7.83. The Hall–Kier alpha value is -0.770. The molecule has 0 radical (unpaired) electrons. The van der Waals surface area contributed by atoms with E-state index < -0.39 is 0 Å². The molecule has 1 heteroatoms. The van der Waals surface area contributed by atoms with Crippen LogP contribution in [0, 0.1) is 51.8 Å². The molecular formula is C22H33N. The lowest BCUT2D eigenvalue weighted by Crippen LogP contribution is -2.52. The van der Waals surface area contributed by atoms with Gasteiger partial charge in [0.25, 0.3) is 0 Å². The Labute approximate surface area is 142 Å². The number of allylic oxidation sites excluding steroid dienone is 2. The average molecular weight is 312 g/mol. The van der Waals surface area contributed by atoms with Gasteiger partial charge in [-0.1, -0.05) is 32.8 Å². The maximum Gasteiger partial charge on any atom is 0.0911 e. The molecular weight excluding hydrogens is 278 g/mol. The third-order valence-corrected chi connectivity index (χ3v) is 8.95. The molecule has 0 aliphatic heterocycles. The Morgan fingerprint density at radius 2 is 1.83 bits per heavy atom. The molecule has 0 N–H and O–H groups in total. The highest BCUT2D eigenvalue weighted by molar-refractivity contribution is 5.28. The summed E-state index contributed by atoms with van der Waals surface area (Å²) >= 11 is 0. The lowest BCUT2D eigenvalue weighted by Gasteiger charge is -2.60. The highest BCUT2D eigenvalue weighted by Crippen LogP contribution is 2.67. The maximum absolute atomic E-state index is 9.16. The van der Waals surface area contributed by atoms with Crippen LogP contribution in [0.3, 0.4) is 0 Å². The van der Waals surface area contributed by atoms with Crippen molar-refractivity contribution >= 4 is 0 Å². The molecule has 4 aliphatic rings. The molecule has 0 saturated heterocycles. The van der Waals surface area contributed by atoms with Crippen LogP contribution in [0.4, 0.5) is 0 Å². The van der Waals surface area contributed by atoms with Crippen molar-refractivity contribution in [1.82, 2.24) is 0 Å². The minimum absolute atomic E-state index is 0.348. The maximum atomic E-state index is 9.16. The first-order valence-corrected chi connectivity index (χ1v) is 10.1. The van der Waals surface area contributed by atoms with Crippen LogP contribution in [0.1, 0.15) is 78.6 Å². The minimum Gasteiger partial charge on any atom is -0.193 e. The van der Waals surface area contributed by atoms with Crippen LogP contribution in [0.5, 0.6) is 0 Å². The van der Waals surface area contributed by atoms with E-state index in [0.717, 1.165) is 29.6 Å². The number of nitriles is 1. The normalized spacial score (nSPS) is 54.0. The van der Waals surface area contributed by atoms with E-state index in [9.17, 15) is 0 Å². The van der Waals surface area contributed by atoms with Gasteiger partial charge in [0.2, 0.25) is 0 Å². The van der Waals surface area contributed by atoms with Crippen molar-refractivity contribution in [2.45, 2.75) is 78.6 Å². The Morgan fingerprint density at radius 1 is 1.04 bits per heavy atom. The largest absolute Gasteiger partial charge is 0.193 e. The third-order valence-electron chi connectivity index (χ3n) is 8.95. The molecule has 0 bridgehead atoms. The molecule has 0 aromatic rings. The molecule has 4 fully saturated rings. The predicted molar refractivity (Wildman–Crippen MR) is 94.6 cm³/mol. The van der Waals surface area contributed by atoms with Crippen LogP contribution >= 0.6 is 0 Å². The molecule has 0 aromatic carbocycles. The molecule has 1 nitrogen and oxygen atoms in total. The van der Waals surface area contributed by atoms with Crippen molar-refractivity contribution in [3.05, 3.63) is 11.6 Å². The summed E-state index contributed by atoms with van der Waals surface area (Å²) in [4.78, 5) is 0. The Balaban J connectivity index is 1.65. The summed E-state index contributed by atoms with van der Waals surface area (Å²) in [7, 11) is 0. The van der Waals surface area contributed by atoms with Crippen LogP contribution in [-0.2, 0) is 0 Å². The topological polar surface area (TPSA) is 23.8 Å². The minimum atomic E-state index is 0.348. The summed E-state index contributed by atoms with van der Waals surface area (Å²) in [6.45, 7) is 7.64. The summed E-state index contributed by atoms with van der Waals surface area (Å²) in [6, 6.07) is 2.34. The van der Waals surface area contributed by atoms with E-state index in [4.69, 9.17) is 5.26 Å². The fraction of sp³-hybridized carbons (Fsp3) is 0.864. The van der Waals surface area contributed by atoms with Gasteiger partial charge in [-0.2, -0.15) is 5.26 Å². The van der Waals surface area contributed by atoms with Gasteiger partial charge in [0, 0.05) is 6.08 Å². The molecule has 4 saturated carbocycles. The van der Waals surface area contributed by atoms with Gasteiger partial charge < -0.3 is 0 Å². The van der Waals surface area contributed by atoms with Crippen molar-refractivity contribution in [1.29, 1.82) is 5.26 Å². The van der Waals surface area contributed by atoms with E-state index in [1.165, 1.54) is 63.4 Å². The second kappa shape index (κ2) is 5.37. The first-order chi connectivity index (χ1) is 11.0. The quantitative estimate of drug-likeness (QED) is 0.495. The molecule has 23 heavy (non-hydrogen) atoms. The van der Waals surface area contributed by atoms with E-state index in [1.54, 1.807) is 0 Å². The van der Waals surface area contributed by atoms with Gasteiger partial charge in [-0.15, -0.1) is 0 Å². The van der Waals surface area contributed by atoms with Gasteiger partial charge in [0.15, 0.2) is 0 Å². The van der Waals surface area contributed by atoms with Crippen molar-refractivity contribution in [2.75, 3.05) is 0 Å². The zero-order chi connectivity index (χ0) is 16.2. The van der Waals surface area contributed by atoms with Crippen LogP contribution in [0.25, 0.3) is 0 Å². The van der Waals surface area contributed by atoms with Crippen LogP contribution in [0.15, 0.2) is 11.6 Å². The summed E-state index contributed by atoms with van der Waals surface area (Å²) < 4.78 is 0. The smallest absolute Gasteiger partial charge is 0.0911 e. The third kappa shape index (κ3) is 2.16. The second-order valence-electron chi connectivity index (χ2n) is 9.84. The molecule has 4 unspecified atom stereocenters. The lowest BCUT2D eigenvalue weighted by molar-refractivity contribution is -0.106. The number of nitrogens with zero attached hydrogens (tertiary/aromatic N) is 1. The first-order valence-electron chi connectivity index (χ1n) is 10.1. The van der Waals surface area contributed by atoms with Gasteiger partial charge in [0.05, 0.1) is 6.07 Å². The standard InChI is InChI=1S/C22H33N/c1-15-4-5-16-6-8-18-19-9-7-17(11-13-23)21(19,2)12-10-20(18)22(16,3)14-15/h11,15-16,18-20H,4-10,12,14H2,1-3H3/b17-11-/t15-,16?,18+,19?,20?,21-,22?/m1/s1. The molecule has 0 spiro atoms. The van der Waals surface area contributed by atoms with Crippen LogP contribution in [0.2, 0.25) is 0 Å². The fourth-order valence-electron chi connectivity index (χ4n) is 7.83. The summed E-state index contributed by atoms with van der Waals surface area (Å²) in [6.07, 6.45) is 14.6. The Morgan fingerprint density at radius 3 is 2.61 bits per heavy atom. The molecule has 7 atom stereocenters. The van der Waals surface area contributed by atoms with Gasteiger partial charge in [-0.05, 0) is 91.8 Å². The highest BCUT2D eigenvalue weighted by atomic mass is 14.6. The van der Waals surface area contributed by atoms with Crippen molar-refractivity contribution in [3.63, 3.8) is 0 Å². The van der Waals surface area contributed by atoms with E-state index in [2.05, 4.69) is 26.8 Å².